The number of rotatable bonds is 5. The van der Waals surface area contributed by atoms with Crippen LogP contribution in [0, 0.1) is 0 Å². The molecule has 1 rings (SSSR count). The van der Waals surface area contributed by atoms with Crippen molar-refractivity contribution >= 4 is 11.7 Å². The lowest BCUT2D eigenvalue weighted by molar-refractivity contribution is -0.137. The van der Waals surface area contributed by atoms with E-state index in [1.165, 1.54) is 12.1 Å². The van der Waals surface area contributed by atoms with Crippen LogP contribution in [0.15, 0.2) is 18.2 Å². The zero-order valence-corrected chi connectivity index (χ0v) is 11.3. The Kier molecular flexibility index (Phi) is 5.66. The molecular formula is C13H17F3N2O2. The molecule has 0 saturated carbocycles. The highest BCUT2D eigenvalue weighted by Gasteiger charge is 2.34. The molecule has 2 N–H and O–H groups in total. The first-order valence-electron chi connectivity index (χ1n) is 6.27. The molecule has 0 atom stereocenters. The maximum atomic E-state index is 12.9. The van der Waals surface area contributed by atoms with E-state index in [-0.39, 0.29) is 18.0 Å². The van der Waals surface area contributed by atoms with E-state index < -0.39 is 17.8 Å². The van der Waals surface area contributed by atoms with Gasteiger partial charge in [0.1, 0.15) is 5.75 Å². The lowest BCUT2D eigenvalue weighted by Gasteiger charge is -2.15. The van der Waals surface area contributed by atoms with E-state index in [1.54, 1.807) is 6.92 Å². The normalized spacial score (nSPS) is 11.1. The van der Waals surface area contributed by atoms with E-state index in [1.807, 2.05) is 6.92 Å². The van der Waals surface area contributed by atoms with Crippen LogP contribution in [-0.4, -0.2) is 19.2 Å². The van der Waals surface area contributed by atoms with Crippen LogP contribution >= 0.6 is 0 Å². The first-order chi connectivity index (χ1) is 9.38. The minimum absolute atomic E-state index is 0.111. The van der Waals surface area contributed by atoms with Crippen LogP contribution in [-0.2, 0) is 6.18 Å². The fraction of sp³-hybridized carbons (Fsp3) is 0.462. The number of nitrogens with one attached hydrogen (secondary N) is 2. The number of amides is 2. The van der Waals surface area contributed by atoms with Gasteiger partial charge in [-0.1, -0.05) is 6.92 Å². The van der Waals surface area contributed by atoms with Crippen molar-refractivity contribution < 1.29 is 22.7 Å². The van der Waals surface area contributed by atoms with Crippen molar-refractivity contribution in [3.05, 3.63) is 23.8 Å². The molecule has 0 bridgehead atoms. The third-order valence-electron chi connectivity index (χ3n) is 2.39. The Bertz CT molecular complexity index is 461. The standard InChI is InChI=1S/C13H17F3N2O2/c1-3-7-17-12(19)18-11-6-5-9(20-4-2)8-10(11)13(14,15)16/h5-6,8H,3-4,7H2,1-2H3,(H2,17,18,19). The van der Waals surface area contributed by atoms with Gasteiger partial charge in [-0.15, -0.1) is 0 Å². The number of benzene rings is 1. The summed E-state index contributed by atoms with van der Waals surface area (Å²) in [6.07, 6.45) is -3.87. The highest BCUT2D eigenvalue weighted by molar-refractivity contribution is 5.90. The first-order valence-corrected chi connectivity index (χ1v) is 6.27. The van der Waals surface area contributed by atoms with E-state index in [9.17, 15) is 18.0 Å². The Morgan fingerprint density at radius 2 is 2.00 bits per heavy atom. The summed E-state index contributed by atoms with van der Waals surface area (Å²) in [5.41, 5.74) is -1.23. The first kappa shape index (κ1) is 16.1. The van der Waals surface area contributed by atoms with Crippen LogP contribution in [0.5, 0.6) is 5.75 Å². The molecule has 0 aliphatic carbocycles. The number of halogens is 3. The number of carbonyl (C=O) groups excluding carboxylic acids is 1. The molecule has 0 aliphatic heterocycles. The van der Waals surface area contributed by atoms with Crippen molar-refractivity contribution in [3.8, 4) is 5.75 Å². The van der Waals surface area contributed by atoms with Gasteiger partial charge in [-0.25, -0.2) is 4.79 Å². The predicted octanol–water partition coefficient (Wildman–Crippen LogP) is 3.64. The second kappa shape index (κ2) is 7.02. The summed E-state index contributed by atoms with van der Waals surface area (Å²) in [5, 5.41) is 4.65. The lowest BCUT2D eigenvalue weighted by Crippen LogP contribution is -2.30. The van der Waals surface area contributed by atoms with Gasteiger partial charge in [0.15, 0.2) is 0 Å². The van der Waals surface area contributed by atoms with Crippen molar-refractivity contribution in [3.63, 3.8) is 0 Å². The van der Waals surface area contributed by atoms with Crippen molar-refractivity contribution in [2.45, 2.75) is 26.4 Å². The quantitative estimate of drug-likeness (QED) is 0.870. The number of anilines is 1. The van der Waals surface area contributed by atoms with Crippen LogP contribution in [0.2, 0.25) is 0 Å². The molecule has 0 heterocycles. The van der Waals surface area contributed by atoms with Gasteiger partial charge in [-0.3, -0.25) is 0 Å². The van der Waals surface area contributed by atoms with E-state index in [0.717, 1.165) is 6.07 Å². The molecule has 20 heavy (non-hydrogen) atoms. The van der Waals surface area contributed by atoms with Crippen molar-refractivity contribution in [2.75, 3.05) is 18.5 Å². The summed E-state index contributed by atoms with van der Waals surface area (Å²) in [6.45, 7) is 4.18. The van der Waals surface area contributed by atoms with Gasteiger partial charge in [0.25, 0.3) is 0 Å². The Morgan fingerprint density at radius 1 is 1.30 bits per heavy atom. The average Bonchev–Trinajstić information content (AvgIpc) is 2.37. The maximum absolute atomic E-state index is 12.9. The highest BCUT2D eigenvalue weighted by Crippen LogP contribution is 2.37. The predicted molar refractivity (Wildman–Crippen MR) is 69.9 cm³/mol. The lowest BCUT2D eigenvalue weighted by atomic mass is 10.1. The Morgan fingerprint density at radius 3 is 2.55 bits per heavy atom. The molecule has 7 heteroatoms. The van der Waals surface area contributed by atoms with Crippen LogP contribution in [0.4, 0.5) is 23.7 Å². The van der Waals surface area contributed by atoms with Gasteiger partial charge in [-0.2, -0.15) is 13.2 Å². The number of alkyl halides is 3. The summed E-state index contributed by atoms with van der Waals surface area (Å²) in [4.78, 5) is 11.4. The van der Waals surface area contributed by atoms with Gasteiger partial charge < -0.3 is 15.4 Å². The van der Waals surface area contributed by atoms with Crippen LogP contribution in [0.1, 0.15) is 25.8 Å². The van der Waals surface area contributed by atoms with E-state index in [4.69, 9.17) is 4.74 Å². The van der Waals surface area contributed by atoms with Crippen LogP contribution < -0.4 is 15.4 Å². The van der Waals surface area contributed by atoms with Crippen LogP contribution in [0.3, 0.4) is 0 Å². The van der Waals surface area contributed by atoms with Crippen molar-refractivity contribution in [1.82, 2.24) is 5.32 Å². The molecule has 4 nitrogen and oxygen atoms in total. The molecule has 0 saturated heterocycles. The monoisotopic (exact) mass is 290 g/mol. The number of carbonyl (C=O) groups is 1. The van der Waals surface area contributed by atoms with Crippen molar-refractivity contribution in [1.29, 1.82) is 0 Å². The van der Waals surface area contributed by atoms with E-state index >= 15 is 0 Å². The number of hydrogen-bond donors (Lipinski definition) is 2. The van der Waals surface area contributed by atoms with Gasteiger partial charge in [0.2, 0.25) is 0 Å². The summed E-state index contributed by atoms with van der Waals surface area (Å²) in [7, 11) is 0. The summed E-state index contributed by atoms with van der Waals surface area (Å²) >= 11 is 0. The smallest absolute Gasteiger partial charge is 0.418 e. The Labute approximate surface area is 115 Å². The van der Waals surface area contributed by atoms with E-state index in [2.05, 4.69) is 10.6 Å². The number of ether oxygens (including phenoxy) is 1. The van der Waals surface area contributed by atoms with E-state index in [0.29, 0.717) is 13.0 Å². The number of urea groups is 1. The SMILES string of the molecule is CCCNC(=O)Nc1ccc(OCC)cc1C(F)(F)F. The zero-order valence-electron chi connectivity index (χ0n) is 11.3. The summed E-state index contributed by atoms with van der Waals surface area (Å²) in [5.74, 6) is 0.111. The molecule has 0 fully saturated rings. The molecule has 112 valence electrons. The molecule has 0 aromatic heterocycles. The molecule has 1 aromatic carbocycles. The zero-order chi connectivity index (χ0) is 15.2. The molecule has 2 amide bonds. The second-order valence-electron chi connectivity index (χ2n) is 4.02. The van der Waals surface area contributed by atoms with Crippen LogP contribution in [0.25, 0.3) is 0 Å². The molecule has 0 radical (unpaired) electrons. The maximum Gasteiger partial charge on any atom is 0.418 e. The fourth-order valence-corrected chi connectivity index (χ4v) is 1.53. The molecule has 0 spiro atoms. The van der Waals surface area contributed by atoms with Gasteiger partial charge >= 0.3 is 12.2 Å². The highest BCUT2D eigenvalue weighted by atomic mass is 19.4. The topological polar surface area (TPSA) is 50.4 Å². The molecule has 1 aromatic rings. The fourth-order valence-electron chi connectivity index (χ4n) is 1.53. The minimum atomic E-state index is -4.57. The third kappa shape index (κ3) is 4.64. The minimum Gasteiger partial charge on any atom is -0.494 e. The van der Waals surface area contributed by atoms with Crippen molar-refractivity contribution in [2.24, 2.45) is 0 Å². The Hall–Kier alpha value is -1.92. The second-order valence-corrected chi connectivity index (χ2v) is 4.02. The molecule has 0 unspecified atom stereocenters. The van der Waals surface area contributed by atoms with Gasteiger partial charge in [0, 0.05) is 6.54 Å². The van der Waals surface area contributed by atoms with Gasteiger partial charge in [0.05, 0.1) is 17.9 Å². The summed E-state index contributed by atoms with van der Waals surface area (Å²) in [6, 6.07) is 2.77. The molecule has 0 aliphatic rings. The van der Waals surface area contributed by atoms with Gasteiger partial charge in [-0.05, 0) is 31.5 Å². The average molecular weight is 290 g/mol. The Balaban J connectivity index is 2.97. The molecular weight excluding hydrogens is 273 g/mol. The third-order valence-corrected chi connectivity index (χ3v) is 2.39. The number of hydrogen-bond acceptors (Lipinski definition) is 2. The largest absolute Gasteiger partial charge is 0.494 e. The summed E-state index contributed by atoms with van der Waals surface area (Å²) < 4.78 is 43.9.